The van der Waals surface area contributed by atoms with Gasteiger partial charge in [0, 0.05) is 10.7 Å². The number of anilines is 2. The van der Waals surface area contributed by atoms with E-state index in [2.05, 4.69) is 61.2 Å². The summed E-state index contributed by atoms with van der Waals surface area (Å²) in [6.07, 6.45) is 1.80. The van der Waals surface area contributed by atoms with Crippen LogP contribution in [-0.4, -0.2) is 4.98 Å². The number of nitrogens with zero attached hydrogens (tertiary/aromatic N) is 1. The Kier molecular flexibility index (Phi) is 3.84. The van der Waals surface area contributed by atoms with E-state index in [0.717, 1.165) is 26.0 Å². The summed E-state index contributed by atoms with van der Waals surface area (Å²) in [5.41, 5.74) is 3.39. The monoisotopic (exact) mass is 354 g/mol. The van der Waals surface area contributed by atoms with Crippen molar-refractivity contribution < 1.29 is 0 Å². The summed E-state index contributed by atoms with van der Waals surface area (Å²) in [5, 5.41) is 3.30. The van der Waals surface area contributed by atoms with Gasteiger partial charge in [-0.25, -0.2) is 4.98 Å². The van der Waals surface area contributed by atoms with Gasteiger partial charge in [0.15, 0.2) is 0 Å². The average Bonchev–Trinajstić information content (AvgIpc) is 2.28. The lowest BCUT2D eigenvalue weighted by atomic mass is 10.2. The molecule has 1 heterocycles. The predicted molar refractivity (Wildman–Crippen MR) is 78.8 cm³/mol. The van der Waals surface area contributed by atoms with E-state index in [1.165, 1.54) is 5.56 Å². The third-order valence-corrected chi connectivity index (χ3v) is 4.12. The fraction of sp³-hybridized carbons (Fsp3) is 0.154. The molecule has 0 atom stereocenters. The zero-order valence-electron chi connectivity index (χ0n) is 9.59. The van der Waals surface area contributed by atoms with Crippen LogP contribution < -0.4 is 5.32 Å². The van der Waals surface area contributed by atoms with Crippen molar-refractivity contribution in [3.05, 3.63) is 50.5 Å². The van der Waals surface area contributed by atoms with Gasteiger partial charge in [0.2, 0.25) is 0 Å². The van der Waals surface area contributed by atoms with E-state index in [0.29, 0.717) is 0 Å². The van der Waals surface area contributed by atoms with E-state index in [9.17, 15) is 0 Å². The largest absolute Gasteiger partial charge is 0.338 e. The zero-order valence-corrected chi connectivity index (χ0v) is 12.8. The number of pyridine rings is 1. The highest BCUT2D eigenvalue weighted by Crippen LogP contribution is 2.30. The molecule has 0 radical (unpaired) electrons. The molecule has 1 aromatic heterocycles. The van der Waals surface area contributed by atoms with Crippen molar-refractivity contribution in [2.24, 2.45) is 0 Å². The van der Waals surface area contributed by atoms with Crippen molar-refractivity contribution in [2.75, 3.05) is 5.32 Å². The summed E-state index contributed by atoms with van der Waals surface area (Å²) in [6.45, 7) is 4.11. The van der Waals surface area contributed by atoms with Crippen LogP contribution in [0.3, 0.4) is 0 Å². The molecule has 0 bridgehead atoms. The second-order valence-corrected chi connectivity index (χ2v) is 5.55. The maximum absolute atomic E-state index is 4.32. The van der Waals surface area contributed by atoms with Gasteiger partial charge in [-0.1, -0.05) is 6.07 Å². The van der Waals surface area contributed by atoms with E-state index < -0.39 is 0 Å². The maximum atomic E-state index is 4.32. The van der Waals surface area contributed by atoms with Crippen LogP contribution in [0.5, 0.6) is 0 Å². The Morgan fingerprint density at radius 3 is 2.59 bits per heavy atom. The number of aryl methyl sites for hydroxylation is 2. The molecule has 2 nitrogen and oxygen atoms in total. The molecule has 0 aliphatic heterocycles. The second kappa shape index (κ2) is 5.19. The van der Waals surface area contributed by atoms with Gasteiger partial charge in [-0.3, -0.25) is 0 Å². The lowest BCUT2D eigenvalue weighted by Gasteiger charge is -2.11. The number of hydrogen-bond donors (Lipinski definition) is 1. The minimum atomic E-state index is 0.828. The first-order chi connectivity index (χ1) is 8.08. The molecule has 0 saturated carbocycles. The van der Waals surface area contributed by atoms with Gasteiger partial charge < -0.3 is 5.32 Å². The van der Waals surface area contributed by atoms with E-state index in [1.807, 2.05) is 19.1 Å². The van der Waals surface area contributed by atoms with Crippen molar-refractivity contribution in [3.63, 3.8) is 0 Å². The highest BCUT2D eigenvalue weighted by atomic mass is 79.9. The number of nitrogens with one attached hydrogen (secondary N) is 1. The summed E-state index contributed by atoms with van der Waals surface area (Å²) < 4.78 is 2.03. The highest BCUT2D eigenvalue weighted by molar-refractivity contribution is 9.11. The standard InChI is InChI=1S/C13H12Br2N2/c1-8-3-4-11(10(14)7-8)17-13-12(15)9(2)5-6-16-13/h3-7H,1-2H3,(H,16,17). The van der Waals surface area contributed by atoms with Crippen molar-refractivity contribution in [1.29, 1.82) is 0 Å². The average molecular weight is 356 g/mol. The molecule has 88 valence electrons. The fourth-order valence-corrected chi connectivity index (χ4v) is 2.40. The van der Waals surface area contributed by atoms with Gasteiger partial charge in [0.25, 0.3) is 0 Å². The molecule has 17 heavy (non-hydrogen) atoms. The van der Waals surface area contributed by atoms with Gasteiger partial charge >= 0.3 is 0 Å². The van der Waals surface area contributed by atoms with E-state index >= 15 is 0 Å². The Bertz CT molecular complexity index is 553. The van der Waals surface area contributed by atoms with E-state index in [4.69, 9.17) is 0 Å². The Morgan fingerprint density at radius 2 is 1.88 bits per heavy atom. The number of benzene rings is 1. The molecular formula is C13H12Br2N2. The van der Waals surface area contributed by atoms with Crippen LogP contribution in [0.25, 0.3) is 0 Å². The van der Waals surface area contributed by atoms with Crippen LogP contribution in [0.2, 0.25) is 0 Å². The van der Waals surface area contributed by atoms with Crippen molar-refractivity contribution in [3.8, 4) is 0 Å². The third kappa shape index (κ3) is 2.87. The van der Waals surface area contributed by atoms with Crippen LogP contribution in [-0.2, 0) is 0 Å². The van der Waals surface area contributed by atoms with Crippen LogP contribution in [0.15, 0.2) is 39.4 Å². The van der Waals surface area contributed by atoms with Crippen LogP contribution in [0, 0.1) is 13.8 Å². The van der Waals surface area contributed by atoms with E-state index in [1.54, 1.807) is 6.20 Å². The second-order valence-electron chi connectivity index (χ2n) is 3.90. The molecule has 2 aromatic rings. The van der Waals surface area contributed by atoms with Crippen molar-refractivity contribution in [1.82, 2.24) is 4.98 Å². The minimum Gasteiger partial charge on any atom is -0.338 e. The van der Waals surface area contributed by atoms with Gasteiger partial charge in [0.1, 0.15) is 5.82 Å². The normalized spacial score (nSPS) is 10.4. The lowest BCUT2D eigenvalue weighted by Crippen LogP contribution is -1.96. The van der Waals surface area contributed by atoms with Gasteiger partial charge in [-0.05, 0) is 75.0 Å². The molecule has 0 aliphatic carbocycles. The number of aromatic nitrogens is 1. The molecule has 4 heteroatoms. The predicted octanol–water partition coefficient (Wildman–Crippen LogP) is 4.97. The molecule has 0 fully saturated rings. The molecule has 1 N–H and O–H groups in total. The number of halogens is 2. The Hall–Kier alpha value is -0.870. The Morgan fingerprint density at radius 1 is 1.12 bits per heavy atom. The highest BCUT2D eigenvalue weighted by Gasteiger charge is 2.06. The summed E-state index contributed by atoms with van der Waals surface area (Å²) in [7, 11) is 0. The van der Waals surface area contributed by atoms with Crippen molar-refractivity contribution >= 4 is 43.4 Å². The van der Waals surface area contributed by atoms with Gasteiger partial charge in [-0.15, -0.1) is 0 Å². The number of hydrogen-bond acceptors (Lipinski definition) is 2. The fourth-order valence-electron chi connectivity index (χ4n) is 1.48. The molecule has 2 rings (SSSR count). The molecule has 1 aromatic carbocycles. The first-order valence-corrected chi connectivity index (χ1v) is 6.81. The van der Waals surface area contributed by atoms with Crippen LogP contribution in [0.1, 0.15) is 11.1 Å². The number of rotatable bonds is 2. The third-order valence-electron chi connectivity index (χ3n) is 2.46. The first-order valence-electron chi connectivity index (χ1n) is 5.22. The molecule has 0 unspecified atom stereocenters. The van der Waals surface area contributed by atoms with Gasteiger partial charge in [0.05, 0.1) is 10.2 Å². The summed E-state index contributed by atoms with van der Waals surface area (Å²) >= 11 is 7.08. The topological polar surface area (TPSA) is 24.9 Å². The van der Waals surface area contributed by atoms with E-state index in [-0.39, 0.29) is 0 Å². The minimum absolute atomic E-state index is 0.828. The molecule has 0 spiro atoms. The summed E-state index contributed by atoms with van der Waals surface area (Å²) in [6, 6.07) is 8.15. The quantitative estimate of drug-likeness (QED) is 0.822. The molecule has 0 aliphatic rings. The Labute approximate surface area is 118 Å². The lowest BCUT2D eigenvalue weighted by molar-refractivity contribution is 1.25. The maximum Gasteiger partial charge on any atom is 0.144 e. The first kappa shape index (κ1) is 12.6. The molecular weight excluding hydrogens is 344 g/mol. The molecule has 0 saturated heterocycles. The Balaban J connectivity index is 2.35. The smallest absolute Gasteiger partial charge is 0.144 e. The summed E-state index contributed by atoms with van der Waals surface area (Å²) in [5.74, 6) is 0.828. The SMILES string of the molecule is Cc1ccc(Nc2nccc(C)c2Br)c(Br)c1. The van der Waals surface area contributed by atoms with Crippen molar-refractivity contribution in [2.45, 2.75) is 13.8 Å². The molecule has 0 amide bonds. The zero-order chi connectivity index (χ0) is 12.4. The summed E-state index contributed by atoms with van der Waals surface area (Å²) in [4.78, 5) is 4.32. The van der Waals surface area contributed by atoms with Crippen LogP contribution in [0.4, 0.5) is 11.5 Å². The van der Waals surface area contributed by atoms with Gasteiger partial charge in [-0.2, -0.15) is 0 Å². The van der Waals surface area contributed by atoms with Crippen LogP contribution >= 0.6 is 31.9 Å².